The van der Waals surface area contributed by atoms with Gasteiger partial charge in [-0.15, -0.1) is 0 Å². The number of primary amides is 1. The predicted octanol–water partition coefficient (Wildman–Crippen LogP) is 1.37. The van der Waals surface area contributed by atoms with Crippen LogP contribution in [0.4, 0.5) is 5.69 Å². The van der Waals surface area contributed by atoms with Gasteiger partial charge in [0.2, 0.25) is 0 Å². The molecule has 2 rings (SSSR count). The molecule has 0 aliphatic rings. The van der Waals surface area contributed by atoms with Crippen LogP contribution in [0.1, 0.15) is 11.3 Å². The van der Waals surface area contributed by atoms with Gasteiger partial charge >= 0.3 is 0 Å². The number of nitriles is 1. The highest BCUT2D eigenvalue weighted by molar-refractivity contribution is 5.75. The fourth-order valence-electron chi connectivity index (χ4n) is 1.90. The largest absolute Gasteiger partial charge is 0.484 e. The number of nitrogens with one attached hydrogen (secondary N) is 1. The van der Waals surface area contributed by atoms with Gasteiger partial charge in [-0.3, -0.25) is 4.79 Å². The number of nitrogens with zero attached hydrogens (tertiary/aromatic N) is 2. The van der Waals surface area contributed by atoms with Gasteiger partial charge in [-0.2, -0.15) is 5.26 Å². The van der Waals surface area contributed by atoms with Gasteiger partial charge in [-0.05, 0) is 23.8 Å². The van der Waals surface area contributed by atoms with Crippen LogP contribution in [0.2, 0.25) is 0 Å². The first kappa shape index (κ1) is 14.5. The van der Waals surface area contributed by atoms with Crippen LogP contribution in [0, 0.1) is 11.3 Å². The summed E-state index contributed by atoms with van der Waals surface area (Å²) in [4.78, 5) is 10.7. The lowest BCUT2D eigenvalue weighted by Crippen LogP contribution is -2.20. The Labute approximate surface area is 122 Å². The van der Waals surface area contributed by atoms with E-state index < -0.39 is 5.91 Å². The molecule has 0 atom stereocenters. The second-order valence-electron chi connectivity index (χ2n) is 4.59. The van der Waals surface area contributed by atoms with Crippen molar-refractivity contribution in [3.05, 3.63) is 47.8 Å². The van der Waals surface area contributed by atoms with Gasteiger partial charge in [0.1, 0.15) is 17.5 Å². The van der Waals surface area contributed by atoms with Crippen LogP contribution in [0.15, 0.2) is 36.5 Å². The van der Waals surface area contributed by atoms with Crippen molar-refractivity contribution >= 4 is 11.6 Å². The lowest BCUT2D eigenvalue weighted by Gasteiger charge is -2.08. The predicted molar refractivity (Wildman–Crippen MR) is 78.6 cm³/mol. The molecule has 0 bridgehead atoms. The molecule has 1 heterocycles. The number of hydrogen-bond donors (Lipinski definition) is 2. The molecule has 0 radical (unpaired) electrons. The number of nitrogens with two attached hydrogens (primary N) is 1. The average Bonchev–Trinajstić information content (AvgIpc) is 2.84. The van der Waals surface area contributed by atoms with Crippen molar-refractivity contribution in [2.45, 2.75) is 6.54 Å². The Bertz CT molecular complexity index is 685. The zero-order valence-electron chi connectivity index (χ0n) is 11.7. The topological polar surface area (TPSA) is 93.1 Å². The summed E-state index contributed by atoms with van der Waals surface area (Å²) in [6.07, 6.45) is 1.90. The summed E-state index contributed by atoms with van der Waals surface area (Å²) in [5, 5.41) is 12.1. The second-order valence-corrected chi connectivity index (χ2v) is 4.59. The van der Waals surface area contributed by atoms with E-state index in [1.54, 1.807) is 16.7 Å². The van der Waals surface area contributed by atoms with Crippen LogP contribution >= 0.6 is 0 Å². The number of benzene rings is 1. The first-order chi connectivity index (χ1) is 10.1. The molecule has 1 aromatic carbocycles. The summed E-state index contributed by atoms with van der Waals surface area (Å²) in [7, 11) is 1.83. The van der Waals surface area contributed by atoms with E-state index in [1.807, 2.05) is 31.4 Å². The lowest BCUT2D eigenvalue weighted by molar-refractivity contribution is -0.119. The van der Waals surface area contributed by atoms with Crippen LogP contribution in [0.3, 0.4) is 0 Å². The summed E-state index contributed by atoms with van der Waals surface area (Å²) < 4.78 is 7.02. The third-order valence-corrected chi connectivity index (χ3v) is 2.89. The molecule has 0 fully saturated rings. The molecule has 0 aliphatic heterocycles. The Morgan fingerprint density at radius 1 is 1.48 bits per heavy atom. The first-order valence-electron chi connectivity index (χ1n) is 6.39. The maximum Gasteiger partial charge on any atom is 0.255 e. The lowest BCUT2D eigenvalue weighted by atomic mass is 10.2. The molecule has 21 heavy (non-hydrogen) atoms. The monoisotopic (exact) mass is 284 g/mol. The summed E-state index contributed by atoms with van der Waals surface area (Å²) in [5.74, 6) is 0.0613. The summed E-state index contributed by atoms with van der Waals surface area (Å²) in [6.45, 7) is 0.447. The molecule has 0 aliphatic carbocycles. The number of aryl methyl sites for hydroxylation is 1. The Morgan fingerprint density at radius 3 is 2.95 bits per heavy atom. The highest BCUT2D eigenvalue weighted by Crippen LogP contribution is 2.18. The van der Waals surface area contributed by atoms with E-state index in [2.05, 4.69) is 11.4 Å². The molecule has 0 spiro atoms. The Kier molecular flexibility index (Phi) is 4.46. The van der Waals surface area contributed by atoms with E-state index in [-0.39, 0.29) is 6.61 Å². The highest BCUT2D eigenvalue weighted by Gasteiger charge is 2.03. The molecule has 108 valence electrons. The number of rotatable bonds is 6. The van der Waals surface area contributed by atoms with Crippen LogP contribution in [0.5, 0.6) is 5.75 Å². The minimum absolute atomic E-state index is 0.145. The minimum atomic E-state index is -0.512. The Balaban J connectivity index is 1.98. The van der Waals surface area contributed by atoms with Crippen molar-refractivity contribution in [2.75, 3.05) is 11.9 Å². The number of amides is 1. The number of aromatic nitrogens is 1. The zero-order chi connectivity index (χ0) is 15.2. The molecule has 0 saturated carbocycles. The SMILES string of the molecule is Cn1cc(CNc2cccc(OCC(N)=O)c2)cc1C#N. The normalized spacial score (nSPS) is 9.90. The smallest absolute Gasteiger partial charge is 0.255 e. The molecule has 1 aromatic heterocycles. The van der Waals surface area contributed by atoms with Crippen molar-refractivity contribution in [3.8, 4) is 11.8 Å². The Morgan fingerprint density at radius 2 is 2.29 bits per heavy atom. The number of carbonyl (C=O) groups is 1. The summed E-state index contributed by atoms with van der Waals surface area (Å²) in [5.41, 5.74) is 7.52. The molecule has 6 heteroatoms. The van der Waals surface area contributed by atoms with E-state index in [0.717, 1.165) is 11.3 Å². The van der Waals surface area contributed by atoms with Gasteiger partial charge in [0.15, 0.2) is 6.61 Å². The highest BCUT2D eigenvalue weighted by atomic mass is 16.5. The number of anilines is 1. The maximum absolute atomic E-state index is 10.7. The number of carbonyl (C=O) groups excluding carboxylic acids is 1. The van der Waals surface area contributed by atoms with E-state index in [9.17, 15) is 4.79 Å². The molecule has 0 unspecified atom stereocenters. The van der Waals surface area contributed by atoms with Gasteiger partial charge in [0.05, 0.1) is 0 Å². The third kappa shape index (κ3) is 4.01. The van der Waals surface area contributed by atoms with Gasteiger partial charge in [0.25, 0.3) is 5.91 Å². The first-order valence-corrected chi connectivity index (χ1v) is 6.39. The van der Waals surface area contributed by atoms with E-state index in [1.165, 1.54) is 0 Å². The molecule has 6 nitrogen and oxygen atoms in total. The second kappa shape index (κ2) is 6.48. The number of ether oxygens (including phenoxy) is 1. The van der Waals surface area contributed by atoms with Crippen LogP contribution in [0.25, 0.3) is 0 Å². The third-order valence-electron chi connectivity index (χ3n) is 2.89. The van der Waals surface area contributed by atoms with Gasteiger partial charge in [-0.25, -0.2) is 0 Å². The fourth-order valence-corrected chi connectivity index (χ4v) is 1.90. The average molecular weight is 284 g/mol. The zero-order valence-corrected chi connectivity index (χ0v) is 11.7. The molecular weight excluding hydrogens is 268 g/mol. The molecular formula is C15H16N4O2. The Hall–Kier alpha value is -2.94. The fraction of sp³-hybridized carbons (Fsp3) is 0.200. The van der Waals surface area contributed by atoms with Gasteiger partial charge < -0.3 is 20.4 Å². The quantitative estimate of drug-likeness (QED) is 0.838. The van der Waals surface area contributed by atoms with Crippen LogP contribution in [-0.4, -0.2) is 17.1 Å². The maximum atomic E-state index is 10.7. The van der Waals surface area contributed by atoms with E-state index in [4.69, 9.17) is 15.7 Å². The van der Waals surface area contributed by atoms with Crippen molar-refractivity contribution in [3.63, 3.8) is 0 Å². The van der Waals surface area contributed by atoms with Gasteiger partial charge in [-0.1, -0.05) is 6.07 Å². The molecule has 2 aromatic rings. The van der Waals surface area contributed by atoms with Gasteiger partial charge in [0, 0.05) is 31.5 Å². The molecule has 0 saturated heterocycles. The van der Waals surface area contributed by atoms with Crippen molar-refractivity contribution < 1.29 is 9.53 Å². The standard InChI is InChI=1S/C15H16N4O2/c1-19-9-11(5-13(19)7-16)8-18-12-3-2-4-14(6-12)21-10-15(17)20/h2-6,9,18H,8,10H2,1H3,(H2,17,20). The summed E-state index contributed by atoms with van der Waals surface area (Å²) >= 11 is 0. The number of hydrogen-bond acceptors (Lipinski definition) is 4. The van der Waals surface area contributed by atoms with Crippen LogP contribution < -0.4 is 15.8 Å². The minimum Gasteiger partial charge on any atom is -0.484 e. The van der Waals surface area contributed by atoms with Crippen molar-refractivity contribution in [2.24, 2.45) is 12.8 Å². The molecule has 3 N–H and O–H groups in total. The van der Waals surface area contributed by atoms with Crippen LogP contribution in [-0.2, 0) is 18.4 Å². The van der Waals surface area contributed by atoms with Crippen molar-refractivity contribution in [1.29, 1.82) is 5.26 Å². The van der Waals surface area contributed by atoms with Crippen molar-refractivity contribution in [1.82, 2.24) is 4.57 Å². The summed E-state index contributed by atoms with van der Waals surface area (Å²) in [6, 6.07) is 11.2. The van der Waals surface area contributed by atoms with E-state index in [0.29, 0.717) is 18.0 Å². The van der Waals surface area contributed by atoms with E-state index >= 15 is 0 Å². The molecule has 1 amide bonds.